The van der Waals surface area contributed by atoms with Gasteiger partial charge in [0, 0.05) is 22.7 Å². The van der Waals surface area contributed by atoms with E-state index >= 15 is 0 Å². The van der Waals surface area contributed by atoms with Crippen LogP contribution in [0.2, 0.25) is 5.15 Å². The van der Waals surface area contributed by atoms with E-state index in [1.54, 1.807) is 12.2 Å². The minimum absolute atomic E-state index is 0.320. The van der Waals surface area contributed by atoms with Gasteiger partial charge in [-0.3, -0.25) is 0 Å². The summed E-state index contributed by atoms with van der Waals surface area (Å²) in [7, 11) is 0. The SMILES string of the molecule is Cc1ccc(C=CCN=[N+]=[N-])c(Cl)n1. The van der Waals surface area contributed by atoms with Gasteiger partial charge in [-0.1, -0.05) is 34.9 Å². The third kappa shape index (κ3) is 3.09. The largest absolute Gasteiger partial charge is 0.241 e. The van der Waals surface area contributed by atoms with Crippen LogP contribution in [-0.4, -0.2) is 11.5 Å². The molecule has 0 bridgehead atoms. The van der Waals surface area contributed by atoms with Crippen LogP contribution >= 0.6 is 11.6 Å². The highest BCUT2D eigenvalue weighted by molar-refractivity contribution is 6.30. The number of aryl methyl sites for hydroxylation is 1. The van der Waals surface area contributed by atoms with Crippen molar-refractivity contribution >= 4 is 17.7 Å². The van der Waals surface area contributed by atoms with Gasteiger partial charge in [0.15, 0.2) is 0 Å². The Labute approximate surface area is 86.9 Å². The van der Waals surface area contributed by atoms with Gasteiger partial charge in [0.05, 0.1) is 0 Å². The van der Waals surface area contributed by atoms with E-state index in [1.807, 2.05) is 19.1 Å². The molecule has 0 aliphatic carbocycles. The molecule has 14 heavy (non-hydrogen) atoms. The highest BCUT2D eigenvalue weighted by atomic mass is 35.5. The number of rotatable bonds is 3. The van der Waals surface area contributed by atoms with Gasteiger partial charge in [-0.25, -0.2) is 4.98 Å². The molecule has 0 spiro atoms. The maximum atomic E-state index is 8.04. The first-order chi connectivity index (χ1) is 6.74. The Bertz CT molecular complexity index is 394. The lowest BCUT2D eigenvalue weighted by atomic mass is 10.2. The number of halogens is 1. The Morgan fingerprint density at radius 1 is 1.64 bits per heavy atom. The third-order valence-electron chi connectivity index (χ3n) is 1.56. The minimum Gasteiger partial charge on any atom is -0.241 e. The first-order valence-electron chi connectivity index (χ1n) is 4.04. The Balaban J connectivity index is 2.76. The standard InChI is InChI=1S/C9H9ClN4/c1-7-4-5-8(9(10)13-7)3-2-6-12-14-11/h2-5H,6H2,1H3. The van der Waals surface area contributed by atoms with E-state index < -0.39 is 0 Å². The van der Waals surface area contributed by atoms with Crippen LogP contribution in [0.4, 0.5) is 0 Å². The van der Waals surface area contributed by atoms with Crippen molar-refractivity contribution in [2.45, 2.75) is 6.92 Å². The third-order valence-corrected chi connectivity index (χ3v) is 1.87. The molecular formula is C9H9ClN4. The molecule has 0 fully saturated rings. The van der Waals surface area contributed by atoms with E-state index in [1.165, 1.54) is 0 Å². The number of aromatic nitrogens is 1. The minimum atomic E-state index is 0.320. The van der Waals surface area contributed by atoms with Crippen LogP contribution in [0.15, 0.2) is 23.3 Å². The van der Waals surface area contributed by atoms with Crippen molar-refractivity contribution < 1.29 is 0 Å². The van der Waals surface area contributed by atoms with Crippen LogP contribution in [0.3, 0.4) is 0 Å². The Hall–Kier alpha value is -1.51. The van der Waals surface area contributed by atoms with Crippen molar-refractivity contribution in [3.8, 4) is 0 Å². The number of pyridine rings is 1. The number of azide groups is 1. The smallest absolute Gasteiger partial charge is 0.136 e. The highest BCUT2D eigenvalue weighted by Crippen LogP contribution is 2.14. The topological polar surface area (TPSA) is 61.7 Å². The summed E-state index contributed by atoms with van der Waals surface area (Å²) in [6.45, 7) is 2.19. The Morgan fingerprint density at radius 2 is 2.43 bits per heavy atom. The number of hydrogen-bond donors (Lipinski definition) is 0. The van der Waals surface area contributed by atoms with E-state index in [0.29, 0.717) is 11.7 Å². The summed E-state index contributed by atoms with van der Waals surface area (Å²) in [5.41, 5.74) is 9.74. The lowest BCUT2D eigenvalue weighted by Crippen LogP contribution is -1.84. The molecule has 4 nitrogen and oxygen atoms in total. The van der Waals surface area contributed by atoms with Crippen LogP contribution in [0, 0.1) is 6.92 Å². The van der Waals surface area contributed by atoms with Gasteiger partial charge in [-0.2, -0.15) is 0 Å². The second-order valence-electron chi connectivity index (χ2n) is 2.65. The molecule has 0 atom stereocenters. The average molecular weight is 209 g/mol. The zero-order valence-corrected chi connectivity index (χ0v) is 8.44. The lowest BCUT2D eigenvalue weighted by molar-refractivity contribution is 1.19. The Kier molecular flexibility index (Phi) is 3.98. The van der Waals surface area contributed by atoms with Crippen molar-refractivity contribution in [3.05, 3.63) is 45.1 Å². The van der Waals surface area contributed by atoms with Crippen LogP contribution in [-0.2, 0) is 0 Å². The molecule has 72 valence electrons. The number of hydrogen-bond acceptors (Lipinski definition) is 2. The van der Waals surface area contributed by atoms with Crippen molar-refractivity contribution in [2.75, 3.05) is 6.54 Å². The molecule has 5 heteroatoms. The summed E-state index contributed by atoms with van der Waals surface area (Å²) in [6.07, 6.45) is 3.52. The number of nitrogens with zero attached hydrogens (tertiary/aromatic N) is 4. The summed E-state index contributed by atoms with van der Waals surface area (Å²) in [5.74, 6) is 0. The maximum Gasteiger partial charge on any atom is 0.136 e. The van der Waals surface area contributed by atoms with Gasteiger partial charge in [0.25, 0.3) is 0 Å². The molecule has 0 aromatic carbocycles. The lowest BCUT2D eigenvalue weighted by Gasteiger charge is -1.97. The fourth-order valence-corrected chi connectivity index (χ4v) is 1.18. The van der Waals surface area contributed by atoms with Crippen molar-refractivity contribution in [1.82, 2.24) is 4.98 Å². The van der Waals surface area contributed by atoms with Crippen LogP contribution in [0.1, 0.15) is 11.3 Å². The molecular weight excluding hydrogens is 200 g/mol. The van der Waals surface area contributed by atoms with E-state index in [4.69, 9.17) is 17.1 Å². The maximum absolute atomic E-state index is 8.04. The first kappa shape index (κ1) is 10.6. The monoisotopic (exact) mass is 208 g/mol. The van der Waals surface area contributed by atoms with Gasteiger partial charge in [0.2, 0.25) is 0 Å². The molecule has 0 saturated heterocycles. The second-order valence-corrected chi connectivity index (χ2v) is 3.01. The van der Waals surface area contributed by atoms with Gasteiger partial charge in [-0.05, 0) is 18.5 Å². The fourth-order valence-electron chi connectivity index (χ4n) is 0.923. The van der Waals surface area contributed by atoms with Crippen molar-refractivity contribution in [3.63, 3.8) is 0 Å². The molecule has 0 aliphatic heterocycles. The first-order valence-corrected chi connectivity index (χ1v) is 4.42. The summed E-state index contributed by atoms with van der Waals surface area (Å²) in [6, 6.07) is 3.75. The summed E-state index contributed by atoms with van der Waals surface area (Å²) < 4.78 is 0. The molecule has 1 aromatic heterocycles. The van der Waals surface area contributed by atoms with Gasteiger partial charge in [0.1, 0.15) is 5.15 Å². The van der Waals surface area contributed by atoms with Crippen molar-refractivity contribution in [2.24, 2.45) is 5.11 Å². The average Bonchev–Trinajstić information content (AvgIpc) is 2.15. The summed E-state index contributed by atoms with van der Waals surface area (Å²) in [5, 5.41) is 3.82. The van der Waals surface area contributed by atoms with Crippen LogP contribution in [0.25, 0.3) is 16.5 Å². The van der Waals surface area contributed by atoms with Gasteiger partial charge in [-0.15, -0.1) is 0 Å². The molecule has 1 rings (SSSR count). The predicted octanol–water partition coefficient (Wildman–Crippen LogP) is 3.37. The molecule has 1 aromatic rings. The predicted molar refractivity (Wildman–Crippen MR) is 57.0 cm³/mol. The zero-order valence-electron chi connectivity index (χ0n) is 7.68. The molecule has 0 aliphatic rings. The summed E-state index contributed by atoms with van der Waals surface area (Å²) in [4.78, 5) is 6.71. The van der Waals surface area contributed by atoms with Crippen LogP contribution < -0.4 is 0 Å². The molecule has 0 amide bonds. The van der Waals surface area contributed by atoms with E-state index in [9.17, 15) is 0 Å². The normalized spacial score (nSPS) is 10.1. The Morgan fingerprint density at radius 3 is 3.07 bits per heavy atom. The van der Waals surface area contributed by atoms with E-state index in [2.05, 4.69) is 15.0 Å². The molecule has 0 saturated carbocycles. The van der Waals surface area contributed by atoms with Crippen LogP contribution in [0.5, 0.6) is 0 Å². The molecule has 0 N–H and O–H groups in total. The molecule has 0 radical (unpaired) electrons. The molecule has 0 unspecified atom stereocenters. The highest BCUT2D eigenvalue weighted by Gasteiger charge is 1.96. The van der Waals surface area contributed by atoms with Crippen molar-refractivity contribution in [1.29, 1.82) is 0 Å². The van der Waals surface area contributed by atoms with Gasteiger partial charge >= 0.3 is 0 Å². The van der Waals surface area contributed by atoms with E-state index in [0.717, 1.165) is 11.3 Å². The quantitative estimate of drug-likeness (QED) is 0.325. The fraction of sp³-hybridized carbons (Fsp3) is 0.222. The van der Waals surface area contributed by atoms with E-state index in [-0.39, 0.29) is 0 Å². The molecule has 1 heterocycles. The second kappa shape index (κ2) is 5.27. The van der Waals surface area contributed by atoms with Gasteiger partial charge < -0.3 is 0 Å². The zero-order chi connectivity index (χ0) is 10.4. The summed E-state index contributed by atoms with van der Waals surface area (Å²) >= 11 is 5.88.